The lowest BCUT2D eigenvalue weighted by Gasteiger charge is -2.37. The topological polar surface area (TPSA) is 52.7 Å². The summed E-state index contributed by atoms with van der Waals surface area (Å²) in [5.41, 5.74) is 3.17. The van der Waals surface area contributed by atoms with E-state index in [4.69, 9.17) is 0 Å². The number of urea groups is 1. The molecule has 5 nitrogen and oxygen atoms in total. The van der Waals surface area contributed by atoms with E-state index in [0.717, 1.165) is 36.1 Å². The Labute approximate surface area is 156 Å². The summed E-state index contributed by atoms with van der Waals surface area (Å²) in [6, 6.07) is 6.05. The van der Waals surface area contributed by atoms with E-state index < -0.39 is 0 Å². The highest BCUT2D eigenvalue weighted by molar-refractivity contribution is 5.91. The fourth-order valence-electron chi connectivity index (χ4n) is 4.13. The molecule has 1 N–H and O–H groups in total. The molecule has 26 heavy (non-hydrogen) atoms. The molecule has 1 aromatic carbocycles. The fourth-order valence-corrected chi connectivity index (χ4v) is 4.13. The number of nitrogens with one attached hydrogen (secondary N) is 1. The van der Waals surface area contributed by atoms with E-state index in [9.17, 15) is 9.59 Å². The van der Waals surface area contributed by atoms with E-state index in [1.54, 1.807) is 0 Å². The number of piperazine rings is 1. The third kappa shape index (κ3) is 4.19. The summed E-state index contributed by atoms with van der Waals surface area (Å²) in [4.78, 5) is 29.1. The van der Waals surface area contributed by atoms with Crippen LogP contribution in [0.4, 0.5) is 10.5 Å². The van der Waals surface area contributed by atoms with Crippen molar-refractivity contribution in [2.24, 2.45) is 5.92 Å². The maximum Gasteiger partial charge on any atom is 0.321 e. The van der Waals surface area contributed by atoms with Gasteiger partial charge in [-0.15, -0.1) is 0 Å². The third-order valence-electron chi connectivity index (χ3n) is 5.80. The molecule has 1 saturated heterocycles. The van der Waals surface area contributed by atoms with Crippen molar-refractivity contribution in [2.45, 2.75) is 52.4 Å². The number of hydrogen-bond donors (Lipinski definition) is 1. The summed E-state index contributed by atoms with van der Waals surface area (Å²) in [7, 11) is 0. The fraction of sp³-hybridized carbons (Fsp3) is 0.619. The van der Waals surface area contributed by atoms with Crippen molar-refractivity contribution < 1.29 is 9.59 Å². The summed E-state index contributed by atoms with van der Waals surface area (Å²) < 4.78 is 0. The van der Waals surface area contributed by atoms with Crippen LogP contribution in [0, 0.1) is 12.8 Å². The lowest BCUT2D eigenvalue weighted by Crippen LogP contribution is -2.53. The molecule has 2 aliphatic rings. The molecule has 0 radical (unpaired) electrons. The molecule has 1 saturated carbocycles. The Morgan fingerprint density at radius 3 is 2.35 bits per heavy atom. The highest BCUT2D eigenvalue weighted by Crippen LogP contribution is 2.26. The van der Waals surface area contributed by atoms with Crippen molar-refractivity contribution in [1.29, 1.82) is 0 Å². The highest BCUT2D eigenvalue weighted by atomic mass is 16.2. The first kappa shape index (κ1) is 18.7. The standard InChI is InChI=1S/C21H31N3O2/c1-3-17-11-7-8-16(2)19(17)22-21(26)24-14-12-23(13-15-24)20(25)18-9-5-4-6-10-18/h7-8,11,18H,3-6,9-10,12-15H2,1-2H3,(H,22,26). The predicted molar refractivity (Wildman–Crippen MR) is 104 cm³/mol. The Bertz CT molecular complexity index is 645. The van der Waals surface area contributed by atoms with Crippen molar-refractivity contribution in [2.75, 3.05) is 31.5 Å². The van der Waals surface area contributed by atoms with Gasteiger partial charge in [0.15, 0.2) is 0 Å². The van der Waals surface area contributed by atoms with Crippen molar-refractivity contribution in [3.8, 4) is 0 Å². The van der Waals surface area contributed by atoms with E-state index in [-0.39, 0.29) is 11.9 Å². The number of anilines is 1. The van der Waals surface area contributed by atoms with Crippen molar-refractivity contribution in [3.05, 3.63) is 29.3 Å². The van der Waals surface area contributed by atoms with Gasteiger partial charge in [0.2, 0.25) is 5.91 Å². The van der Waals surface area contributed by atoms with E-state index in [0.29, 0.717) is 32.1 Å². The number of aryl methyl sites for hydroxylation is 2. The minimum Gasteiger partial charge on any atom is -0.339 e. The molecular weight excluding hydrogens is 326 g/mol. The van der Waals surface area contributed by atoms with E-state index in [1.165, 1.54) is 19.3 Å². The molecular formula is C21H31N3O2. The highest BCUT2D eigenvalue weighted by Gasteiger charge is 2.29. The van der Waals surface area contributed by atoms with Crippen molar-refractivity contribution >= 4 is 17.6 Å². The normalized spacial score (nSPS) is 18.7. The van der Waals surface area contributed by atoms with Crippen LogP contribution >= 0.6 is 0 Å². The Balaban J connectivity index is 1.55. The number of rotatable bonds is 3. The average Bonchev–Trinajstić information content (AvgIpc) is 2.69. The van der Waals surface area contributed by atoms with E-state index >= 15 is 0 Å². The lowest BCUT2D eigenvalue weighted by atomic mass is 9.88. The SMILES string of the molecule is CCc1cccc(C)c1NC(=O)N1CCN(C(=O)C2CCCCC2)CC1. The van der Waals surface area contributed by atoms with Crippen LogP contribution in [-0.2, 0) is 11.2 Å². The number of nitrogens with zero attached hydrogens (tertiary/aromatic N) is 2. The molecule has 1 heterocycles. The van der Waals surface area contributed by atoms with E-state index in [2.05, 4.69) is 18.3 Å². The Hall–Kier alpha value is -2.04. The van der Waals surface area contributed by atoms with Gasteiger partial charge in [0.25, 0.3) is 0 Å². The molecule has 3 amide bonds. The van der Waals surface area contributed by atoms with Gasteiger partial charge in [0.05, 0.1) is 0 Å². The first-order chi connectivity index (χ1) is 12.6. The lowest BCUT2D eigenvalue weighted by molar-refractivity contribution is -0.137. The molecule has 1 aromatic rings. The maximum absolute atomic E-state index is 12.7. The third-order valence-corrected chi connectivity index (χ3v) is 5.80. The van der Waals surface area contributed by atoms with Crippen LogP contribution in [-0.4, -0.2) is 47.9 Å². The molecule has 142 valence electrons. The van der Waals surface area contributed by atoms with Gasteiger partial charge in [-0.25, -0.2) is 4.79 Å². The second-order valence-electron chi connectivity index (χ2n) is 7.54. The Morgan fingerprint density at radius 2 is 1.69 bits per heavy atom. The molecule has 1 aliphatic heterocycles. The van der Waals surface area contributed by atoms with Crippen LogP contribution in [0.3, 0.4) is 0 Å². The number of amides is 3. The zero-order chi connectivity index (χ0) is 18.5. The van der Waals surface area contributed by atoms with Crippen LogP contribution in [0.15, 0.2) is 18.2 Å². The summed E-state index contributed by atoms with van der Waals surface area (Å²) in [5, 5.41) is 3.09. The summed E-state index contributed by atoms with van der Waals surface area (Å²) >= 11 is 0. The molecule has 5 heteroatoms. The second-order valence-corrected chi connectivity index (χ2v) is 7.54. The molecule has 1 aliphatic carbocycles. The van der Waals surface area contributed by atoms with Crippen molar-refractivity contribution in [1.82, 2.24) is 9.80 Å². The minimum atomic E-state index is -0.0567. The first-order valence-corrected chi connectivity index (χ1v) is 10.0. The quantitative estimate of drug-likeness (QED) is 0.894. The Morgan fingerprint density at radius 1 is 1.04 bits per heavy atom. The van der Waals surface area contributed by atoms with Crippen LogP contribution in [0.1, 0.15) is 50.2 Å². The minimum absolute atomic E-state index is 0.0567. The summed E-state index contributed by atoms with van der Waals surface area (Å²) in [6.07, 6.45) is 6.57. The molecule has 0 unspecified atom stereocenters. The zero-order valence-electron chi connectivity index (χ0n) is 16.1. The second kappa shape index (κ2) is 8.56. The molecule has 3 rings (SSSR count). The van der Waals surface area contributed by atoms with Crippen LogP contribution in [0.5, 0.6) is 0 Å². The van der Waals surface area contributed by atoms with Gasteiger partial charge in [-0.3, -0.25) is 4.79 Å². The van der Waals surface area contributed by atoms with E-state index in [1.807, 2.05) is 28.9 Å². The van der Waals surface area contributed by atoms with Gasteiger partial charge in [-0.2, -0.15) is 0 Å². The van der Waals surface area contributed by atoms with Crippen LogP contribution in [0.25, 0.3) is 0 Å². The molecule has 2 fully saturated rings. The number of carbonyl (C=O) groups excluding carboxylic acids is 2. The zero-order valence-corrected chi connectivity index (χ0v) is 16.1. The van der Waals surface area contributed by atoms with Gasteiger partial charge in [0, 0.05) is 37.8 Å². The van der Waals surface area contributed by atoms with Crippen LogP contribution < -0.4 is 5.32 Å². The monoisotopic (exact) mass is 357 g/mol. The Kier molecular flexibility index (Phi) is 6.17. The summed E-state index contributed by atoms with van der Waals surface area (Å²) in [6.45, 7) is 6.64. The molecule has 0 atom stereocenters. The first-order valence-electron chi connectivity index (χ1n) is 10.0. The molecule has 0 aromatic heterocycles. The molecule has 0 bridgehead atoms. The van der Waals surface area contributed by atoms with Crippen molar-refractivity contribution in [3.63, 3.8) is 0 Å². The van der Waals surface area contributed by atoms with Crippen LogP contribution in [0.2, 0.25) is 0 Å². The number of carbonyl (C=O) groups is 2. The number of hydrogen-bond acceptors (Lipinski definition) is 2. The van der Waals surface area contributed by atoms with Gasteiger partial charge in [-0.05, 0) is 37.3 Å². The van der Waals surface area contributed by atoms with Gasteiger partial charge in [-0.1, -0.05) is 44.4 Å². The van der Waals surface area contributed by atoms with Gasteiger partial charge >= 0.3 is 6.03 Å². The predicted octanol–water partition coefficient (Wildman–Crippen LogP) is 3.81. The number of para-hydroxylation sites is 1. The smallest absolute Gasteiger partial charge is 0.321 e. The largest absolute Gasteiger partial charge is 0.339 e. The average molecular weight is 357 g/mol. The number of benzene rings is 1. The van der Waals surface area contributed by atoms with Gasteiger partial charge < -0.3 is 15.1 Å². The summed E-state index contributed by atoms with van der Waals surface area (Å²) in [5.74, 6) is 0.514. The maximum atomic E-state index is 12.7. The molecule has 0 spiro atoms. The van der Waals surface area contributed by atoms with Gasteiger partial charge in [0.1, 0.15) is 0 Å².